The second-order valence-corrected chi connectivity index (χ2v) is 6.19. The molecule has 3 nitrogen and oxygen atoms in total. The highest BCUT2D eigenvalue weighted by Gasteiger charge is 2.06. The molecular formula is C16H17ClINO2. The molecule has 0 aliphatic heterocycles. The molecule has 0 fully saturated rings. The minimum absolute atomic E-state index is 0.266. The molecule has 21 heavy (non-hydrogen) atoms. The molecule has 2 aromatic rings. The van der Waals surface area contributed by atoms with Crippen LogP contribution in [0, 0.1) is 3.57 Å². The fourth-order valence-corrected chi connectivity index (χ4v) is 2.58. The second-order valence-electron chi connectivity index (χ2n) is 4.62. The van der Waals surface area contributed by atoms with E-state index in [4.69, 9.17) is 16.3 Å². The summed E-state index contributed by atoms with van der Waals surface area (Å²) in [6.07, 6.45) is -0.566. The topological polar surface area (TPSA) is 41.5 Å². The maximum Gasteiger partial charge on any atom is 0.0945 e. The summed E-state index contributed by atoms with van der Waals surface area (Å²) in [5, 5.41) is 13.8. The summed E-state index contributed by atoms with van der Waals surface area (Å²) in [7, 11) is 0. The molecule has 0 radical (unpaired) electrons. The summed E-state index contributed by atoms with van der Waals surface area (Å²) in [5.41, 5.74) is 1.94. The molecule has 0 aromatic heterocycles. The quantitative estimate of drug-likeness (QED) is 0.671. The van der Waals surface area contributed by atoms with Crippen molar-refractivity contribution in [2.24, 2.45) is 0 Å². The van der Waals surface area contributed by atoms with E-state index in [0.717, 1.165) is 14.8 Å². The molecule has 1 atom stereocenters. The number of anilines is 1. The number of benzene rings is 2. The molecule has 2 aromatic carbocycles. The summed E-state index contributed by atoms with van der Waals surface area (Å²) >= 11 is 8.30. The number of para-hydroxylation sites is 1. The van der Waals surface area contributed by atoms with Crippen LogP contribution in [0.5, 0.6) is 0 Å². The number of aliphatic hydroxyl groups excluding tert-OH is 1. The van der Waals surface area contributed by atoms with Crippen LogP contribution in [0.15, 0.2) is 48.5 Å². The van der Waals surface area contributed by atoms with Gasteiger partial charge in [0.05, 0.1) is 19.3 Å². The van der Waals surface area contributed by atoms with Crippen LogP contribution in [0.4, 0.5) is 5.69 Å². The van der Waals surface area contributed by atoms with Gasteiger partial charge in [-0.1, -0.05) is 41.9 Å². The highest BCUT2D eigenvalue weighted by molar-refractivity contribution is 14.1. The second kappa shape index (κ2) is 8.58. The zero-order valence-corrected chi connectivity index (χ0v) is 14.3. The predicted octanol–water partition coefficient (Wildman–Crippen LogP) is 3.93. The Balaban J connectivity index is 1.72. The van der Waals surface area contributed by atoms with E-state index in [-0.39, 0.29) is 6.61 Å². The molecule has 5 heteroatoms. The Hall–Kier alpha value is -0.820. The van der Waals surface area contributed by atoms with E-state index in [1.54, 1.807) is 0 Å². The van der Waals surface area contributed by atoms with Crippen LogP contribution in [0.1, 0.15) is 5.56 Å². The Morgan fingerprint density at radius 3 is 2.62 bits per heavy atom. The zero-order chi connectivity index (χ0) is 15.1. The highest BCUT2D eigenvalue weighted by Crippen LogP contribution is 2.17. The SMILES string of the molecule is OC(CNc1ccccc1I)COCc1ccccc1Cl. The van der Waals surface area contributed by atoms with Crippen molar-refractivity contribution in [1.82, 2.24) is 0 Å². The summed E-state index contributed by atoms with van der Waals surface area (Å²) < 4.78 is 6.63. The lowest BCUT2D eigenvalue weighted by Crippen LogP contribution is -2.25. The average molecular weight is 418 g/mol. The van der Waals surface area contributed by atoms with Gasteiger partial charge in [0.15, 0.2) is 0 Å². The van der Waals surface area contributed by atoms with Crippen LogP contribution in [-0.4, -0.2) is 24.4 Å². The molecule has 2 N–H and O–H groups in total. The first-order valence-electron chi connectivity index (χ1n) is 6.64. The van der Waals surface area contributed by atoms with E-state index >= 15 is 0 Å². The van der Waals surface area contributed by atoms with E-state index in [2.05, 4.69) is 27.9 Å². The van der Waals surface area contributed by atoms with Gasteiger partial charge in [-0.05, 0) is 46.4 Å². The van der Waals surface area contributed by atoms with E-state index < -0.39 is 6.10 Å². The smallest absolute Gasteiger partial charge is 0.0945 e. The standard InChI is InChI=1S/C16H17ClINO2/c17-14-6-2-1-5-12(14)10-21-11-13(20)9-19-16-8-4-3-7-15(16)18/h1-8,13,19-20H,9-11H2. The molecule has 0 amide bonds. The van der Waals surface area contributed by atoms with Gasteiger partial charge in [0.1, 0.15) is 0 Å². The third-order valence-corrected chi connectivity index (χ3v) is 4.24. The van der Waals surface area contributed by atoms with Gasteiger partial charge in [0.2, 0.25) is 0 Å². The summed E-state index contributed by atoms with van der Waals surface area (Å²) in [6, 6.07) is 15.5. The summed E-state index contributed by atoms with van der Waals surface area (Å²) in [4.78, 5) is 0. The third kappa shape index (κ3) is 5.47. The molecule has 0 saturated heterocycles. The lowest BCUT2D eigenvalue weighted by Gasteiger charge is -2.14. The Labute approximate surface area is 143 Å². The van der Waals surface area contributed by atoms with Gasteiger partial charge in [-0.15, -0.1) is 0 Å². The molecule has 112 valence electrons. The van der Waals surface area contributed by atoms with Crippen molar-refractivity contribution in [2.45, 2.75) is 12.7 Å². The average Bonchev–Trinajstić information content (AvgIpc) is 2.48. The van der Waals surface area contributed by atoms with Gasteiger partial charge in [-0.25, -0.2) is 0 Å². The number of aliphatic hydroxyl groups is 1. The van der Waals surface area contributed by atoms with E-state index in [1.165, 1.54) is 0 Å². The van der Waals surface area contributed by atoms with Crippen molar-refractivity contribution < 1.29 is 9.84 Å². The van der Waals surface area contributed by atoms with Crippen LogP contribution in [0.2, 0.25) is 5.02 Å². The van der Waals surface area contributed by atoms with Gasteiger partial charge in [-0.2, -0.15) is 0 Å². The number of nitrogens with one attached hydrogen (secondary N) is 1. The van der Waals surface area contributed by atoms with Crippen LogP contribution in [0.25, 0.3) is 0 Å². The van der Waals surface area contributed by atoms with Gasteiger partial charge in [0.25, 0.3) is 0 Å². The van der Waals surface area contributed by atoms with Crippen LogP contribution < -0.4 is 5.32 Å². The first kappa shape index (κ1) is 16.5. The van der Waals surface area contributed by atoms with Gasteiger partial charge in [0, 0.05) is 20.8 Å². The van der Waals surface area contributed by atoms with Crippen molar-refractivity contribution in [3.63, 3.8) is 0 Å². The molecule has 0 aliphatic rings. The third-order valence-electron chi connectivity index (χ3n) is 2.93. The maximum atomic E-state index is 9.93. The molecule has 2 rings (SSSR count). The van der Waals surface area contributed by atoms with Crippen LogP contribution in [-0.2, 0) is 11.3 Å². The molecule has 0 saturated carbocycles. The van der Waals surface area contributed by atoms with Crippen molar-refractivity contribution in [2.75, 3.05) is 18.5 Å². The molecule has 0 aliphatic carbocycles. The maximum absolute atomic E-state index is 9.93. The van der Waals surface area contributed by atoms with Gasteiger partial charge in [-0.3, -0.25) is 0 Å². The van der Waals surface area contributed by atoms with Crippen molar-refractivity contribution in [3.8, 4) is 0 Å². The molecule has 0 heterocycles. The fraction of sp³-hybridized carbons (Fsp3) is 0.250. The minimum atomic E-state index is -0.566. The van der Waals surface area contributed by atoms with Crippen LogP contribution in [0.3, 0.4) is 0 Å². The largest absolute Gasteiger partial charge is 0.389 e. The number of hydrogen-bond donors (Lipinski definition) is 2. The van der Waals surface area contributed by atoms with Crippen molar-refractivity contribution >= 4 is 39.9 Å². The fourth-order valence-electron chi connectivity index (χ4n) is 1.81. The van der Waals surface area contributed by atoms with E-state index in [9.17, 15) is 5.11 Å². The van der Waals surface area contributed by atoms with Gasteiger partial charge < -0.3 is 15.2 Å². The zero-order valence-electron chi connectivity index (χ0n) is 11.4. The van der Waals surface area contributed by atoms with Crippen molar-refractivity contribution in [3.05, 3.63) is 62.7 Å². The van der Waals surface area contributed by atoms with Crippen molar-refractivity contribution in [1.29, 1.82) is 0 Å². The first-order valence-corrected chi connectivity index (χ1v) is 8.10. The molecular weight excluding hydrogens is 401 g/mol. The highest BCUT2D eigenvalue weighted by atomic mass is 127. The number of halogens is 2. The van der Waals surface area contributed by atoms with E-state index in [0.29, 0.717) is 18.2 Å². The normalized spacial score (nSPS) is 12.1. The molecule has 1 unspecified atom stereocenters. The predicted molar refractivity (Wildman–Crippen MR) is 94.8 cm³/mol. The number of rotatable bonds is 7. The van der Waals surface area contributed by atoms with Gasteiger partial charge >= 0.3 is 0 Å². The Kier molecular flexibility index (Phi) is 6.76. The Morgan fingerprint density at radius 1 is 1.14 bits per heavy atom. The molecule has 0 spiro atoms. The monoisotopic (exact) mass is 417 g/mol. The Morgan fingerprint density at radius 2 is 1.86 bits per heavy atom. The molecule has 0 bridgehead atoms. The first-order chi connectivity index (χ1) is 10.2. The number of ether oxygens (including phenoxy) is 1. The van der Waals surface area contributed by atoms with E-state index in [1.807, 2.05) is 48.5 Å². The number of hydrogen-bond acceptors (Lipinski definition) is 3. The Bertz CT molecular complexity index is 580. The minimum Gasteiger partial charge on any atom is -0.389 e. The lowest BCUT2D eigenvalue weighted by atomic mass is 10.2. The summed E-state index contributed by atoms with van der Waals surface area (Å²) in [5.74, 6) is 0. The lowest BCUT2D eigenvalue weighted by molar-refractivity contribution is 0.0348. The summed E-state index contributed by atoms with van der Waals surface area (Å²) in [6.45, 7) is 1.11. The van der Waals surface area contributed by atoms with Crippen LogP contribution >= 0.6 is 34.2 Å².